The molecule has 1 aliphatic carbocycles. The van der Waals surface area contributed by atoms with Gasteiger partial charge in [0, 0.05) is 6.20 Å². The Morgan fingerprint density at radius 2 is 2.47 bits per heavy atom. The van der Waals surface area contributed by atoms with E-state index < -0.39 is 5.54 Å². The number of rotatable bonds is 5. The minimum absolute atomic E-state index is 0.214. The van der Waals surface area contributed by atoms with Crippen molar-refractivity contribution >= 4 is 21.9 Å². The normalized spacial score (nSPS) is 18.8. The second kappa shape index (κ2) is 4.78. The molecule has 94 valence electrons. The first-order valence-corrected chi connectivity index (χ1v) is 6.37. The van der Waals surface area contributed by atoms with E-state index in [0.717, 1.165) is 17.3 Å². The number of halogens is 1. The Kier molecular flexibility index (Phi) is 3.53. The van der Waals surface area contributed by atoms with Gasteiger partial charge in [-0.1, -0.05) is 0 Å². The highest BCUT2D eigenvalue weighted by Gasteiger charge is 2.51. The number of likely N-dealkylation sites (N-methyl/N-ethyl adjacent to an activating group) is 1. The third kappa shape index (κ3) is 2.37. The van der Waals surface area contributed by atoms with Crippen molar-refractivity contribution in [3.8, 4) is 0 Å². The summed E-state index contributed by atoms with van der Waals surface area (Å²) < 4.78 is 7.60. The molecule has 0 bridgehead atoms. The summed E-state index contributed by atoms with van der Waals surface area (Å²) in [6.45, 7) is 0.493. The molecule has 0 saturated heterocycles. The standard InChI is InChI=1S/C11H16BrN3O2/c1-13-11(8-3-4-8,10(16)17-2)7-15-6-9(12)5-14-15/h5-6,8,13H,3-4,7H2,1-2H3. The molecule has 6 heteroatoms. The Bertz CT molecular complexity index is 417. The molecule has 1 aromatic heterocycles. The van der Waals surface area contributed by atoms with Gasteiger partial charge in [0.25, 0.3) is 0 Å². The van der Waals surface area contributed by atoms with Gasteiger partial charge in [-0.15, -0.1) is 0 Å². The molecule has 1 atom stereocenters. The SMILES string of the molecule is CNC(Cn1cc(Br)cn1)(C(=O)OC)C1CC1. The fraction of sp³-hybridized carbons (Fsp3) is 0.636. The van der Waals surface area contributed by atoms with Crippen LogP contribution in [0, 0.1) is 5.92 Å². The molecule has 2 rings (SSSR count). The third-order valence-electron chi connectivity index (χ3n) is 3.28. The van der Waals surface area contributed by atoms with Gasteiger partial charge in [-0.05, 0) is 41.7 Å². The van der Waals surface area contributed by atoms with Crippen molar-refractivity contribution in [1.29, 1.82) is 0 Å². The molecular weight excluding hydrogens is 286 g/mol. The van der Waals surface area contributed by atoms with Crippen LogP contribution < -0.4 is 5.32 Å². The minimum Gasteiger partial charge on any atom is -0.468 e. The maximum atomic E-state index is 12.0. The van der Waals surface area contributed by atoms with E-state index in [0.29, 0.717) is 12.5 Å². The lowest BCUT2D eigenvalue weighted by molar-refractivity contribution is -0.150. The van der Waals surface area contributed by atoms with Crippen LogP contribution in [0.2, 0.25) is 0 Å². The quantitative estimate of drug-likeness (QED) is 0.830. The van der Waals surface area contributed by atoms with Gasteiger partial charge in [0.1, 0.15) is 5.54 Å². The fourth-order valence-corrected chi connectivity index (χ4v) is 2.51. The molecular formula is C11H16BrN3O2. The van der Waals surface area contributed by atoms with Crippen LogP contribution >= 0.6 is 15.9 Å². The van der Waals surface area contributed by atoms with E-state index in [1.165, 1.54) is 7.11 Å². The molecule has 0 aromatic carbocycles. The zero-order valence-corrected chi connectivity index (χ0v) is 11.5. The van der Waals surface area contributed by atoms with Gasteiger partial charge in [0.05, 0.1) is 24.3 Å². The summed E-state index contributed by atoms with van der Waals surface area (Å²) in [5.74, 6) is 0.122. The number of methoxy groups -OCH3 is 1. The first-order chi connectivity index (χ1) is 8.12. The molecule has 1 saturated carbocycles. The lowest BCUT2D eigenvalue weighted by atomic mass is 9.93. The summed E-state index contributed by atoms with van der Waals surface area (Å²) in [6, 6.07) is 0. The zero-order valence-electron chi connectivity index (χ0n) is 9.94. The van der Waals surface area contributed by atoms with E-state index in [4.69, 9.17) is 4.74 Å². The smallest absolute Gasteiger partial charge is 0.328 e. The van der Waals surface area contributed by atoms with Crippen molar-refractivity contribution in [3.63, 3.8) is 0 Å². The Morgan fingerprint density at radius 1 is 1.76 bits per heavy atom. The van der Waals surface area contributed by atoms with Crippen molar-refractivity contribution in [1.82, 2.24) is 15.1 Å². The molecule has 5 nitrogen and oxygen atoms in total. The molecule has 1 unspecified atom stereocenters. The highest BCUT2D eigenvalue weighted by atomic mass is 79.9. The average molecular weight is 302 g/mol. The molecule has 0 radical (unpaired) electrons. The Morgan fingerprint density at radius 3 is 2.88 bits per heavy atom. The lowest BCUT2D eigenvalue weighted by Gasteiger charge is -2.30. The van der Waals surface area contributed by atoms with Gasteiger partial charge >= 0.3 is 5.97 Å². The van der Waals surface area contributed by atoms with Crippen LogP contribution in [0.4, 0.5) is 0 Å². The summed E-state index contributed by atoms with van der Waals surface area (Å²) in [6.07, 6.45) is 5.68. The van der Waals surface area contributed by atoms with Crippen LogP contribution in [0.25, 0.3) is 0 Å². The Labute approximate surface area is 109 Å². The number of ether oxygens (including phenoxy) is 1. The summed E-state index contributed by atoms with van der Waals surface area (Å²) in [5.41, 5.74) is -0.653. The zero-order chi connectivity index (χ0) is 12.5. The molecule has 1 heterocycles. The largest absolute Gasteiger partial charge is 0.468 e. The highest BCUT2D eigenvalue weighted by molar-refractivity contribution is 9.10. The summed E-state index contributed by atoms with van der Waals surface area (Å²) in [4.78, 5) is 12.0. The van der Waals surface area contributed by atoms with Crippen LogP contribution in [0.5, 0.6) is 0 Å². The number of aromatic nitrogens is 2. The van der Waals surface area contributed by atoms with Gasteiger partial charge in [-0.2, -0.15) is 5.10 Å². The van der Waals surface area contributed by atoms with E-state index in [9.17, 15) is 4.79 Å². The monoisotopic (exact) mass is 301 g/mol. The number of carbonyl (C=O) groups excluding carboxylic acids is 1. The van der Waals surface area contributed by atoms with Gasteiger partial charge in [0.2, 0.25) is 0 Å². The van der Waals surface area contributed by atoms with E-state index in [1.54, 1.807) is 17.9 Å². The predicted molar refractivity (Wildman–Crippen MR) is 66.5 cm³/mol. The van der Waals surface area contributed by atoms with E-state index in [-0.39, 0.29) is 5.97 Å². The van der Waals surface area contributed by atoms with Crippen LogP contribution in [0.1, 0.15) is 12.8 Å². The Balaban J connectivity index is 2.23. The molecule has 1 aromatic rings. The number of carbonyl (C=O) groups is 1. The van der Waals surface area contributed by atoms with Crippen molar-refractivity contribution in [3.05, 3.63) is 16.9 Å². The number of hydrogen-bond acceptors (Lipinski definition) is 4. The minimum atomic E-state index is -0.653. The predicted octanol–water partition coefficient (Wildman–Crippen LogP) is 1.19. The first-order valence-electron chi connectivity index (χ1n) is 5.57. The van der Waals surface area contributed by atoms with E-state index >= 15 is 0 Å². The highest BCUT2D eigenvalue weighted by Crippen LogP contribution is 2.41. The first kappa shape index (κ1) is 12.6. The van der Waals surface area contributed by atoms with Crippen LogP contribution in [-0.4, -0.2) is 35.4 Å². The second-order valence-corrected chi connectivity index (χ2v) is 5.26. The fourth-order valence-electron chi connectivity index (χ4n) is 2.18. The molecule has 1 aliphatic rings. The number of esters is 1. The molecule has 0 spiro atoms. The third-order valence-corrected chi connectivity index (χ3v) is 3.69. The number of nitrogens with one attached hydrogen (secondary N) is 1. The van der Waals surface area contributed by atoms with Gasteiger partial charge in [0.15, 0.2) is 0 Å². The van der Waals surface area contributed by atoms with Crippen LogP contribution in [0.3, 0.4) is 0 Å². The molecule has 0 amide bonds. The molecule has 1 fully saturated rings. The van der Waals surface area contributed by atoms with Crippen LogP contribution in [0.15, 0.2) is 16.9 Å². The number of nitrogens with zero attached hydrogens (tertiary/aromatic N) is 2. The summed E-state index contributed by atoms with van der Waals surface area (Å²) >= 11 is 3.35. The number of hydrogen-bond donors (Lipinski definition) is 1. The molecule has 1 N–H and O–H groups in total. The van der Waals surface area contributed by atoms with E-state index in [1.807, 2.05) is 6.20 Å². The summed E-state index contributed by atoms with van der Waals surface area (Å²) in [5, 5.41) is 7.33. The van der Waals surface area contributed by atoms with Crippen molar-refractivity contribution < 1.29 is 9.53 Å². The van der Waals surface area contributed by atoms with Crippen molar-refractivity contribution in [2.24, 2.45) is 5.92 Å². The van der Waals surface area contributed by atoms with Gasteiger partial charge in [-0.3, -0.25) is 4.68 Å². The van der Waals surface area contributed by atoms with Gasteiger partial charge in [-0.25, -0.2) is 4.79 Å². The molecule has 0 aliphatic heterocycles. The maximum Gasteiger partial charge on any atom is 0.328 e. The lowest BCUT2D eigenvalue weighted by Crippen LogP contribution is -2.56. The summed E-state index contributed by atoms with van der Waals surface area (Å²) in [7, 11) is 3.23. The van der Waals surface area contributed by atoms with Crippen molar-refractivity contribution in [2.45, 2.75) is 24.9 Å². The Hall–Kier alpha value is -0.880. The maximum absolute atomic E-state index is 12.0. The van der Waals surface area contributed by atoms with E-state index in [2.05, 4.69) is 26.3 Å². The molecule has 17 heavy (non-hydrogen) atoms. The van der Waals surface area contributed by atoms with Crippen molar-refractivity contribution in [2.75, 3.05) is 14.2 Å². The second-order valence-electron chi connectivity index (χ2n) is 4.34. The topological polar surface area (TPSA) is 56.2 Å². The van der Waals surface area contributed by atoms with Gasteiger partial charge < -0.3 is 10.1 Å². The van der Waals surface area contributed by atoms with Crippen LogP contribution in [-0.2, 0) is 16.1 Å². The average Bonchev–Trinajstić information content (AvgIpc) is 3.10.